The second kappa shape index (κ2) is 14.2. The van der Waals surface area contributed by atoms with E-state index in [1.54, 1.807) is 25.7 Å². The second-order valence-electron chi connectivity index (χ2n) is 12.5. The third-order valence-corrected chi connectivity index (χ3v) is 7.99. The number of carboxylic acid groups (broad SMARTS) is 1. The fourth-order valence-corrected chi connectivity index (χ4v) is 5.84. The Hall–Kier alpha value is -3.34. The smallest absolute Gasteiger partial charge is 0.408 e. The monoisotopic (exact) mass is 585 g/mol. The minimum absolute atomic E-state index is 0.0439. The number of piperazine rings is 1. The number of unbranched alkanes of at least 4 members (excludes halogenated alkanes) is 1. The molecule has 232 valence electrons. The first-order valence-electron chi connectivity index (χ1n) is 15.3. The number of aliphatic imine (C=N–C) groups is 1. The molecule has 2 fully saturated rings. The molecule has 11 nitrogen and oxygen atoms in total. The lowest BCUT2D eigenvalue weighted by atomic mass is 10.0. The van der Waals surface area contributed by atoms with Gasteiger partial charge >= 0.3 is 12.1 Å². The molecule has 2 amide bonds. The number of carbonyl (C=O) groups is 3. The van der Waals surface area contributed by atoms with Gasteiger partial charge in [0, 0.05) is 13.1 Å². The lowest BCUT2D eigenvalue weighted by Gasteiger charge is -2.41. The highest BCUT2D eigenvalue weighted by Gasteiger charge is 2.42. The van der Waals surface area contributed by atoms with E-state index in [1.165, 1.54) is 24.2 Å². The van der Waals surface area contributed by atoms with Crippen LogP contribution in [-0.2, 0) is 19.1 Å². The van der Waals surface area contributed by atoms with E-state index in [1.807, 2.05) is 37.3 Å². The summed E-state index contributed by atoms with van der Waals surface area (Å²) < 4.78 is 11.6. The van der Waals surface area contributed by atoms with Crippen molar-refractivity contribution in [3.8, 4) is 0 Å². The molecule has 3 aliphatic rings. The largest absolute Gasteiger partial charge is 0.480 e. The van der Waals surface area contributed by atoms with E-state index < -0.39 is 35.7 Å². The first-order chi connectivity index (χ1) is 20.0. The number of likely N-dealkylation sites (tertiary alicyclic amines) is 1. The minimum Gasteiger partial charge on any atom is -0.480 e. The van der Waals surface area contributed by atoms with Crippen LogP contribution in [0.1, 0.15) is 77.9 Å². The summed E-state index contributed by atoms with van der Waals surface area (Å²) in [4.78, 5) is 49.2. The summed E-state index contributed by atoms with van der Waals surface area (Å²) >= 11 is 0. The molecule has 3 heterocycles. The number of amides is 2. The molecular formula is C31H47N5O6. The van der Waals surface area contributed by atoms with Crippen molar-refractivity contribution < 1.29 is 29.0 Å². The average molecular weight is 586 g/mol. The number of carboxylic acids is 1. The van der Waals surface area contributed by atoms with Gasteiger partial charge in [0.05, 0.1) is 12.6 Å². The molecule has 0 spiro atoms. The topological polar surface area (TPSA) is 124 Å². The number of hydrogen-bond donors (Lipinski definition) is 2. The van der Waals surface area contributed by atoms with Gasteiger partial charge in [0.2, 0.25) is 5.91 Å². The van der Waals surface area contributed by atoms with E-state index in [0.717, 1.165) is 38.0 Å². The Bertz CT molecular complexity index is 1100. The van der Waals surface area contributed by atoms with Crippen molar-refractivity contribution in [2.45, 2.75) is 96.1 Å². The summed E-state index contributed by atoms with van der Waals surface area (Å²) in [5.74, 6) is -1.52. The number of carbonyl (C=O) groups excluding carboxylic acids is 2. The third kappa shape index (κ3) is 8.59. The van der Waals surface area contributed by atoms with Crippen molar-refractivity contribution >= 4 is 24.0 Å². The van der Waals surface area contributed by atoms with Gasteiger partial charge < -0.3 is 34.6 Å². The van der Waals surface area contributed by atoms with E-state index in [0.29, 0.717) is 19.0 Å². The van der Waals surface area contributed by atoms with Gasteiger partial charge in [-0.1, -0.05) is 36.8 Å². The van der Waals surface area contributed by atoms with Gasteiger partial charge in [-0.2, -0.15) is 0 Å². The fourth-order valence-electron chi connectivity index (χ4n) is 5.84. The molecule has 1 aromatic rings. The fraction of sp³-hybridized carbons (Fsp3) is 0.677. The van der Waals surface area contributed by atoms with Crippen molar-refractivity contribution in [2.24, 2.45) is 4.99 Å². The quantitative estimate of drug-likeness (QED) is 0.421. The van der Waals surface area contributed by atoms with E-state index in [9.17, 15) is 19.5 Å². The number of nitrogens with zero attached hydrogens (tertiary/aromatic N) is 4. The van der Waals surface area contributed by atoms with Crippen molar-refractivity contribution in [1.82, 2.24) is 20.0 Å². The highest BCUT2D eigenvalue weighted by Crippen LogP contribution is 2.30. The van der Waals surface area contributed by atoms with Gasteiger partial charge in [-0.3, -0.25) is 4.79 Å². The number of alkyl carbamates (subject to hydrolysis) is 1. The lowest BCUT2D eigenvalue weighted by molar-refractivity contribution is -0.154. The van der Waals surface area contributed by atoms with Crippen LogP contribution in [0.3, 0.4) is 0 Å². The predicted molar refractivity (Wildman–Crippen MR) is 159 cm³/mol. The minimum atomic E-state index is -1.11. The van der Waals surface area contributed by atoms with Crippen LogP contribution in [0.25, 0.3) is 0 Å². The molecule has 11 heteroatoms. The molecule has 0 radical (unpaired) electrons. The van der Waals surface area contributed by atoms with Crippen LogP contribution in [-0.4, -0.2) is 107 Å². The summed E-state index contributed by atoms with van der Waals surface area (Å²) in [5.41, 5.74) is 0.279. The number of hydrogen-bond acceptors (Lipinski definition) is 8. The number of nitrogens with one attached hydrogen (secondary N) is 1. The van der Waals surface area contributed by atoms with Crippen LogP contribution >= 0.6 is 0 Å². The molecule has 42 heavy (non-hydrogen) atoms. The van der Waals surface area contributed by atoms with Crippen LogP contribution in [0.2, 0.25) is 0 Å². The van der Waals surface area contributed by atoms with Gasteiger partial charge in [-0.05, 0) is 85.0 Å². The molecule has 3 aliphatic heterocycles. The summed E-state index contributed by atoms with van der Waals surface area (Å²) in [7, 11) is 0. The van der Waals surface area contributed by atoms with Crippen molar-refractivity contribution in [2.75, 3.05) is 39.3 Å². The van der Waals surface area contributed by atoms with Gasteiger partial charge in [-0.25, -0.2) is 14.6 Å². The highest BCUT2D eigenvalue weighted by atomic mass is 16.6. The van der Waals surface area contributed by atoms with E-state index >= 15 is 0 Å². The Labute approximate surface area is 249 Å². The molecular weight excluding hydrogens is 538 g/mol. The van der Waals surface area contributed by atoms with Gasteiger partial charge in [0.25, 0.3) is 6.02 Å². The van der Waals surface area contributed by atoms with E-state index in [4.69, 9.17) is 9.47 Å². The summed E-state index contributed by atoms with van der Waals surface area (Å²) in [6.07, 6.45) is 4.80. The standard InChI is InChI=1S/C31H47N5O6/c1-22-26(23-13-7-5-8-14-23)41-29(32-22)35-19-20-36(25(21-35)28(38)39)27(37)24(33-30(40)42-31(2,3)4)15-9-12-18-34-16-10-6-11-17-34/h5,7-8,13-14,22,24-26H,6,9-12,15-21H2,1-4H3,(H,33,40)(H,38,39)/t22-,24?,25-,26+/m0/s1. The van der Waals surface area contributed by atoms with Crippen LogP contribution in [0.5, 0.6) is 0 Å². The van der Waals surface area contributed by atoms with Gasteiger partial charge in [0.1, 0.15) is 23.8 Å². The first-order valence-corrected chi connectivity index (χ1v) is 15.3. The Morgan fingerprint density at radius 2 is 1.79 bits per heavy atom. The SMILES string of the molecule is C[C@@H]1N=C(N2CCN(C(=O)C(CCCCN3CCCCC3)NC(=O)OC(C)(C)C)[C@H](C(=O)O)C2)O[C@H]1c1ccccc1. The third-order valence-electron chi connectivity index (χ3n) is 7.99. The molecule has 0 saturated carbocycles. The number of aliphatic carboxylic acids is 1. The molecule has 4 rings (SSSR count). The normalized spacial score (nSPS) is 24.0. The number of amidine groups is 1. The Balaban J connectivity index is 1.40. The predicted octanol–water partition coefficient (Wildman–Crippen LogP) is 3.65. The molecule has 2 saturated heterocycles. The Morgan fingerprint density at radius 3 is 2.45 bits per heavy atom. The zero-order valence-electron chi connectivity index (χ0n) is 25.5. The van der Waals surface area contributed by atoms with Gasteiger partial charge in [0.15, 0.2) is 0 Å². The first kappa shape index (κ1) is 31.6. The van der Waals surface area contributed by atoms with Crippen LogP contribution in [0.4, 0.5) is 4.79 Å². The maximum atomic E-state index is 13.8. The Kier molecular flexibility index (Phi) is 10.7. The Morgan fingerprint density at radius 1 is 1.07 bits per heavy atom. The van der Waals surface area contributed by atoms with E-state index in [-0.39, 0.29) is 25.2 Å². The number of ether oxygens (including phenoxy) is 2. The number of piperidine rings is 1. The molecule has 0 aromatic heterocycles. The molecule has 1 aromatic carbocycles. The average Bonchev–Trinajstić information content (AvgIpc) is 3.35. The maximum Gasteiger partial charge on any atom is 0.408 e. The van der Waals surface area contributed by atoms with Crippen molar-refractivity contribution in [1.29, 1.82) is 0 Å². The van der Waals surface area contributed by atoms with Crippen molar-refractivity contribution in [3.63, 3.8) is 0 Å². The molecule has 0 bridgehead atoms. The molecule has 0 aliphatic carbocycles. The zero-order chi connectivity index (χ0) is 30.3. The number of benzene rings is 1. The number of rotatable bonds is 9. The zero-order valence-corrected chi connectivity index (χ0v) is 25.5. The van der Waals surface area contributed by atoms with Crippen LogP contribution in [0, 0.1) is 0 Å². The van der Waals surface area contributed by atoms with E-state index in [2.05, 4.69) is 15.2 Å². The molecule has 4 atom stereocenters. The lowest BCUT2D eigenvalue weighted by Crippen LogP contribution is -2.62. The summed E-state index contributed by atoms with van der Waals surface area (Å²) in [6, 6.07) is 8.10. The second-order valence-corrected chi connectivity index (χ2v) is 12.5. The van der Waals surface area contributed by atoms with Crippen LogP contribution in [0.15, 0.2) is 35.3 Å². The summed E-state index contributed by atoms with van der Waals surface area (Å²) in [6.45, 7) is 11.0. The maximum absolute atomic E-state index is 13.8. The highest BCUT2D eigenvalue weighted by molar-refractivity contribution is 5.90. The molecule has 1 unspecified atom stereocenters. The summed E-state index contributed by atoms with van der Waals surface area (Å²) in [5, 5.41) is 12.9. The van der Waals surface area contributed by atoms with Gasteiger partial charge in [-0.15, -0.1) is 0 Å². The van der Waals surface area contributed by atoms with Crippen LogP contribution < -0.4 is 5.32 Å². The van der Waals surface area contributed by atoms with Crippen molar-refractivity contribution in [3.05, 3.63) is 35.9 Å². The molecule has 2 N–H and O–H groups in total.